The molecule has 0 bridgehead atoms. The third kappa shape index (κ3) is 2.25. The fourth-order valence-corrected chi connectivity index (χ4v) is 2.01. The SMILES string of the molecule is COC(=O)C1CCN(C(=O)c2cc(N)c[nH]2)C1. The average Bonchev–Trinajstić information content (AvgIpc) is 2.95. The number of H-pyrrole nitrogens is 1. The molecule has 1 atom stereocenters. The molecule has 1 amide bonds. The number of anilines is 1. The largest absolute Gasteiger partial charge is 0.469 e. The van der Waals surface area contributed by atoms with Crippen molar-refractivity contribution in [2.45, 2.75) is 6.42 Å². The van der Waals surface area contributed by atoms with Gasteiger partial charge in [-0.3, -0.25) is 9.59 Å². The summed E-state index contributed by atoms with van der Waals surface area (Å²) in [5, 5.41) is 0. The summed E-state index contributed by atoms with van der Waals surface area (Å²) in [4.78, 5) is 27.8. The van der Waals surface area contributed by atoms with Crippen LogP contribution in [-0.2, 0) is 9.53 Å². The van der Waals surface area contributed by atoms with Gasteiger partial charge in [-0.15, -0.1) is 0 Å². The van der Waals surface area contributed by atoms with Crippen molar-refractivity contribution < 1.29 is 14.3 Å². The lowest BCUT2D eigenvalue weighted by molar-refractivity contribution is -0.144. The summed E-state index contributed by atoms with van der Waals surface area (Å²) >= 11 is 0. The number of carbonyl (C=O) groups excluding carboxylic acids is 2. The van der Waals surface area contributed by atoms with E-state index in [0.717, 1.165) is 0 Å². The molecule has 17 heavy (non-hydrogen) atoms. The smallest absolute Gasteiger partial charge is 0.310 e. The second-order valence-electron chi connectivity index (χ2n) is 4.11. The monoisotopic (exact) mass is 237 g/mol. The Hall–Kier alpha value is -1.98. The number of hydrogen-bond donors (Lipinski definition) is 2. The third-order valence-electron chi connectivity index (χ3n) is 2.95. The topological polar surface area (TPSA) is 88.4 Å². The van der Waals surface area contributed by atoms with Gasteiger partial charge in [-0.1, -0.05) is 0 Å². The highest BCUT2D eigenvalue weighted by atomic mass is 16.5. The van der Waals surface area contributed by atoms with Crippen molar-refractivity contribution in [3.05, 3.63) is 18.0 Å². The van der Waals surface area contributed by atoms with E-state index < -0.39 is 0 Å². The fourth-order valence-electron chi connectivity index (χ4n) is 2.01. The molecule has 6 heteroatoms. The summed E-state index contributed by atoms with van der Waals surface area (Å²) in [6.07, 6.45) is 2.22. The Bertz CT molecular complexity index is 441. The van der Waals surface area contributed by atoms with Crippen molar-refractivity contribution in [1.29, 1.82) is 0 Å². The predicted molar refractivity (Wildman–Crippen MR) is 61.2 cm³/mol. The number of esters is 1. The molecule has 1 aromatic heterocycles. The molecular formula is C11H15N3O3. The molecule has 0 saturated carbocycles. The molecule has 1 unspecified atom stereocenters. The number of methoxy groups -OCH3 is 1. The van der Waals surface area contributed by atoms with E-state index in [2.05, 4.69) is 9.72 Å². The molecule has 0 aliphatic carbocycles. The quantitative estimate of drug-likeness (QED) is 0.721. The van der Waals surface area contributed by atoms with Crippen molar-refractivity contribution in [1.82, 2.24) is 9.88 Å². The van der Waals surface area contributed by atoms with Crippen LogP contribution in [-0.4, -0.2) is 42.0 Å². The summed E-state index contributed by atoms with van der Waals surface area (Å²) in [6.45, 7) is 0.974. The first-order valence-electron chi connectivity index (χ1n) is 5.43. The van der Waals surface area contributed by atoms with Gasteiger partial charge in [0, 0.05) is 25.0 Å². The van der Waals surface area contributed by atoms with E-state index in [9.17, 15) is 9.59 Å². The molecule has 0 spiro atoms. The van der Waals surface area contributed by atoms with Crippen molar-refractivity contribution in [2.24, 2.45) is 5.92 Å². The van der Waals surface area contributed by atoms with Gasteiger partial charge < -0.3 is 20.4 Å². The van der Waals surface area contributed by atoms with E-state index in [0.29, 0.717) is 30.9 Å². The predicted octanol–water partition coefficient (Wildman–Crippen LogP) is 0.232. The molecule has 1 aliphatic rings. The van der Waals surface area contributed by atoms with Crippen molar-refractivity contribution in [3.8, 4) is 0 Å². The number of likely N-dealkylation sites (tertiary alicyclic amines) is 1. The van der Waals surface area contributed by atoms with Gasteiger partial charge in [-0.25, -0.2) is 0 Å². The first-order chi connectivity index (χ1) is 8.11. The number of nitrogen functional groups attached to an aromatic ring is 1. The second-order valence-corrected chi connectivity index (χ2v) is 4.11. The molecule has 0 aromatic carbocycles. The Morgan fingerprint density at radius 3 is 2.94 bits per heavy atom. The zero-order valence-corrected chi connectivity index (χ0v) is 9.60. The van der Waals surface area contributed by atoms with Gasteiger partial charge in [0.2, 0.25) is 0 Å². The number of hydrogen-bond acceptors (Lipinski definition) is 4. The van der Waals surface area contributed by atoms with E-state index in [4.69, 9.17) is 5.73 Å². The minimum Gasteiger partial charge on any atom is -0.469 e. The van der Waals surface area contributed by atoms with Gasteiger partial charge in [0.1, 0.15) is 5.69 Å². The lowest BCUT2D eigenvalue weighted by Gasteiger charge is -2.14. The maximum absolute atomic E-state index is 12.0. The number of carbonyl (C=O) groups is 2. The number of rotatable bonds is 2. The van der Waals surface area contributed by atoms with E-state index in [1.807, 2.05) is 0 Å². The standard InChI is InChI=1S/C11H15N3O3/c1-17-11(16)7-2-3-14(6-7)10(15)9-4-8(12)5-13-9/h4-5,7,13H,2-3,6,12H2,1H3. The highest BCUT2D eigenvalue weighted by Crippen LogP contribution is 2.20. The molecule has 2 rings (SSSR count). The Morgan fingerprint density at radius 2 is 2.35 bits per heavy atom. The summed E-state index contributed by atoms with van der Waals surface area (Å²) in [7, 11) is 1.36. The fraction of sp³-hybridized carbons (Fsp3) is 0.455. The lowest BCUT2D eigenvalue weighted by Crippen LogP contribution is -2.30. The Labute approximate surface area is 98.7 Å². The summed E-state index contributed by atoms with van der Waals surface area (Å²) in [5.41, 5.74) is 6.51. The van der Waals surface area contributed by atoms with Crippen molar-refractivity contribution in [3.63, 3.8) is 0 Å². The zero-order valence-electron chi connectivity index (χ0n) is 9.60. The highest BCUT2D eigenvalue weighted by Gasteiger charge is 2.32. The lowest BCUT2D eigenvalue weighted by atomic mass is 10.1. The number of nitrogens with zero attached hydrogens (tertiary/aromatic N) is 1. The van der Waals surface area contributed by atoms with E-state index in [1.165, 1.54) is 7.11 Å². The van der Waals surface area contributed by atoms with E-state index in [-0.39, 0.29) is 17.8 Å². The van der Waals surface area contributed by atoms with Crippen molar-refractivity contribution >= 4 is 17.6 Å². The minimum atomic E-state index is -0.258. The minimum absolute atomic E-state index is 0.131. The number of ether oxygens (including phenoxy) is 1. The van der Waals surface area contributed by atoms with Crippen LogP contribution >= 0.6 is 0 Å². The molecule has 1 saturated heterocycles. The Kier molecular flexibility index (Phi) is 3.03. The summed E-state index contributed by atoms with van der Waals surface area (Å²) < 4.78 is 4.67. The first kappa shape index (κ1) is 11.5. The van der Waals surface area contributed by atoms with Gasteiger partial charge in [0.05, 0.1) is 13.0 Å². The van der Waals surface area contributed by atoms with Gasteiger partial charge in [-0.2, -0.15) is 0 Å². The maximum Gasteiger partial charge on any atom is 0.310 e. The molecule has 3 N–H and O–H groups in total. The third-order valence-corrected chi connectivity index (χ3v) is 2.95. The molecule has 1 fully saturated rings. The molecule has 1 aromatic rings. The molecule has 6 nitrogen and oxygen atoms in total. The number of nitrogens with one attached hydrogen (secondary N) is 1. The van der Waals surface area contributed by atoms with Crippen molar-refractivity contribution in [2.75, 3.05) is 25.9 Å². The maximum atomic E-state index is 12.0. The van der Waals surface area contributed by atoms with Gasteiger partial charge in [0.25, 0.3) is 5.91 Å². The molecule has 92 valence electrons. The van der Waals surface area contributed by atoms with Crippen LogP contribution in [0.3, 0.4) is 0 Å². The number of aromatic amines is 1. The van der Waals surface area contributed by atoms with Gasteiger partial charge >= 0.3 is 5.97 Å². The second kappa shape index (κ2) is 4.48. The van der Waals surface area contributed by atoms with E-state index in [1.54, 1.807) is 17.2 Å². The van der Waals surface area contributed by atoms with Gasteiger partial charge in [0.15, 0.2) is 0 Å². The van der Waals surface area contributed by atoms with Gasteiger partial charge in [-0.05, 0) is 12.5 Å². The van der Waals surface area contributed by atoms with E-state index >= 15 is 0 Å². The zero-order chi connectivity index (χ0) is 12.4. The summed E-state index contributed by atoms with van der Waals surface area (Å²) in [5.74, 6) is -0.601. The Balaban J connectivity index is 2.01. The van der Waals surface area contributed by atoms with Crippen LogP contribution in [0.1, 0.15) is 16.9 Å². The van der Waals surface area contributed by atoms with Crippen LogP contribution in [0.4, 0.5) is 5.69 Å². The van der Waals surface area contributed by atoms with Crippen LogP contribution in [0.5, 0.6) is 0 Å². The average molecular weight is 237 g/mol. The normalized spacial score (nSPS) is 19.4. The number of aromatic nitrogens is 1. The number of amides is 1. The Morgan fingerprint density at radius 1 is 1.59 bits per heavy atom. The van der Waals surface area contributed by atoms with Crippen LogP contribution in [0.2, 0.25) is 0 Å². The highest BCUT2D eigenvalue weighted by molar-refractivity contribution is 5.94. The number of nitrogens with two attached hydrogens (primary N) is 1. The van der Waals surface area contributed by atoms with Crippen LogP contribution in [0, 0.1) is 5.92 Å². The molecular weight excluding hydrogens is 222 g/mol. The van der Waals surface area contributed by atoms with Crippen LogP contribution < -0.4 is 5.73 Å². The van der Waals surface area contributed by atoms with Crippen LogP contribution in [0.15, 0.2) is 12.3 Å². The molecule has 0 radical (unpaired) electrons. The molecule has 2 heterocycles. The first-order valence-corrected chi connectivity index (χ1v) is 5.43. The summed E-state index contributed by atoms with van der Waals surface area (Å²) in [6, 6.07) is 1.59. The van der Waals surface area contributed by atoms with Crippen LogP contribution in [0.25, 0.3) is 0 Å². The molecule has 1 aliphatic heterocycles.